The second kappa shape index (κ2) is 5.21. The molecule has 0 saturated heterocycles. The van der Waals surface area contributed by atoms with Crippen molar-refractivity contribution in [2.24, 2.45) is 11.1 Å². The molecular weight excluding hydrogens is 250 g/mol. The van der Waals surface area contributed by atoms with Crippen molar-refractivity contribution >= 4 is 22.5 Å². The Morgan fingerprint density at radius 3 is 2.65 bits per heavy atom. The van der Waals surface area contributed by atoms with Gasteiger partial charge in [-0.25, -0.2) is 0 Å². The molecule has 0 aliphatic rings. The molecule has 0 saturated carbocycles. The van der Waals surface area contributed by atoms with Gasteiger partial charge in [0, 0.05) is 11.6 Å². The van der Waals surface area contributed by atoms with Gasteiger partial charge >= 0.3 is 0 Å². The average Bonchev–Trinajstić information content (AvgIpc) is 2.40. The molecule has 1 unspecified atom stereocenters. The molecule has 1 atom stereocenters. The maximum Gasteiger partial charge on any atom is 0.241 e. The number of pyridine rings is 1. The van der Waals surface area contributed by atoms with Crippen molar-refractivity contribution in [2.75, 3.05) is 5.32 Å². The highest BCUT2D eigenvalue weighted by Gasteiger charge is 2.27. The highest BCUT2D eigenvalue weighted by Crippen LogP contribution is 2.26. The summed E-state index contributed by atoms with van der Waals surface area (Å²) in [5.74, 6) is -0.175. The molecule has 0 radical (unpaired) electrons. The Bertz CT molecular complexity index is 644. The third-order valence-corrected chi connectivity index (χ3v) is 3.44. The molecule has 1 aromatic carbocycles. The SMILES string of the molecule is Cc1ccc(NC(=O)C(N)C(C)(C)C)c2cccnc12. The van der Waals surface area contributed by atoms with Crippen LogP contribution in [0.4, 0.5) is 5.69 Å². The van der Waals surface area contributed by atoms with Crippen LogP contribution in [0.2, 0.25) is 0 Å². The molecule has 3 N–H and O–H groups in total. The van der Waals surface area contributed by atoms with Gasteiger partial charge in [0.15, 0.2) is 0 Å². The number of anilines is 1. The maximum atomic E-state index is 12.2. The van der Waals surface area contributed by atoms with Crippen molar-refractivity contribution in [2.45, 2.75) is 33.7 Å². The van der Waals surface area contributed by atoms with Crippen molar-refractivity contribution in [1.82, 2.24) is 4.98 Å². The summed E-state index contributed by atoms with van der Waals surface area (Å²) in [6.45, 7) is 7.85. The fraction of sp³-hybridized carbons (Fsp3) is 0.375. The predicted octanol–water partition coefficient (Wildman–Crippen LogP) is 2.86. The normalized spacial score (nSPS) is 13.2. The summed E-state index contributed by atoms with van der Waals surface area (Å²) in [6, 6.07) is 7.10. The third kappa shape index (κ3) is 2.80. The zero-order valence-electron chi connectivity index (χ0n) is 12.4. The molecule has 1 heterocycles. The van der Waals surface area contributed by atoms with E-state index in [9.17, 15) is 4.79 Å². The average molecular weight is 271 g/mol. The number of fused-ring (bicyclic) bond motifs is 1. The standard InChI is InChI=1S/C16H21N3O/c1-10-7-8-12(11-6-5-9-18-13(10)11)19-15(20)14(17)16(2,3)4/h5-9,14H,17H2,1-4H3,(H,19,20). The minimum Gasteiger partial charge on any atom is -0.324 e. The molecule has 1 aromatic heterocycles. The van der Waals surface area contributed by atoms with Gasteiger partial charge in [-0.2, -0.15) is 0 Å². The van der Waals surface area contributed by atoms with E-state index in [1.165, 1.54) is 0 Å². The molecule has 0 aliphatic heterocycles. The Hall–Kier alpha value is -1.94. The van der Waals surface area contributed by atoms with Gasteiger partial charge < -0.3 is 11.1 Å². The summed E-state index contributed by atoms with van der Waals surface area (Å²) in [5.41, 5.74) is 8.45. The van der Waals surface area contributed by atoms with Gasteiger partial charge in [0.1, 0.15) is 0 Å². The number of nitrogens with two attached hydrogens (primary N) is 1. The van der Waals surface area contributed by atoms with Gasteiger partial charge in [0.05, 0.1) is 17.2 Å². The van der Waals surface area contributed by atoms with Gasteiger partial charge in [-0.15, -0.1) is 0 Å². The number of nitrogens with zero attached hydrogens (tertiary/aromatic N) is 1. The largest absolute Gasteiger partial charge is 0.324 e. The minimum atomic E-state index is -0.560. The maximum absolute atomic E-state index is 12.2. The van der Waals surface area contributed by atoms with E-state index >= 15 is 0 Å². The van der Waals surface area contributed by atoms with E-state index in [1.54, 1.807) is 6.20 Å². The Morgan fingerprint density at radius 1 is 1.30 bits per heavy atom. The Morgan fingerprint density at radius 2 is 2.00 bits per heavy atom. The summed E-state index contributed by atoms with van der Waals surface area (Å²) in [4.78, 5) is 16.6. The van der Waals surface area contributed by atoms with Crippen LogP contribution in [0.1, 0.15) is 26.3 Å². The summed E-state index contributed by atoms with van der Waals surface area (Å²) < 4.78 is 0. The van der Waals surface area contributed by atoms with E-state index in [0.29, 0.717) is 0 Å². The van der Waals surface area contributed by atoms with Crippen molar-refractivity contribution in [3.63, 3.8) is 0 Å². The zero-order valence-corrected chi connectivity index (χ0v) is 12.4. The van der Waals surface area contributed by atoms with Crippen molar-refractivity contribution in [3.8, 4) is 0 Å². The zero-order chi connectivity index (χ0) is 14.9. The number of hydrogen-bond donors (Lipinski definition) is 2. The number of aryl methyl sites for hydroxylation is 1. The topological polar surface area (TPSA) is 68.0 Å². The summed E-state index contributed by atoms with van der Waals surface area (Å²) >= 11 is 0. The fourth-order valence-electron chi connectivity index (χ4n) is 2.03. The summed E-state index contributed by atoms with van der Waals surface area (Å²) in [5, 5.41) is 3.85. The fourth-order valence-corrected chi connectivity index (χ4v) is 2.03. The molecule has 1 amide bonds. The van der Waals surface area contributed by atoms with E-state index in [0.717, 1.165) is 22.2 Å². The van der Waals surface area contributed by atoms with E-state index in [1.807, 2.05) is 52.0 Å². The first kappa shape index (κ1) is 14.5. The number of rotatable bonds is 2. The smallest absolute Gasteiger partial charge is 0.241 e. The lowest BCUT2D eigenvalue weighted by molar-refractivity contribution is -0.119. The number of benzene rings is 1. The molecule has 2 rings (SSSR count). The molecule has 2 aromatic rings. The third-order valence-electron chi connectivity index (χ3n) is 3.44. The van der Waals surface area contributed by atoms with Crippen molar-refractivity contribution < 1.29 is 4.79 Å². The summed E-state index contributed by atoms with van der Waals surface area (Å²) in [7, 11) is 0. The molecular formula is C16H21N3O. The van der Waals surface area contributed by atoms with E-state index in [2.05, 4.69) is 10.3 Å². The first-order chi connectivity index (χ1) is 9.30. The molecule has 4 heteroatoms. The Kier molecular flexibility index (Phi) is 3.77. The van der Waals surface area contributed by atoms with E-state index in [4.69, 9.17) is 5.73 Å². The van der Waals surface area contributed by atoms with Crippen LogP contribution in [-0.4, -0.2) is 16.9 Å². The van der Waals surface area contributed by atoms with Crippen LogP contribution in [0.5, 0.6) is 0 Å². The Labute approximate surface area is 119 Å². The Balaban J connectivity index is 2.36. The van der Waals surface area contributed by atoms with Crippen LogP contribution in [-0.2, 0) is 4.79 Å². The van der Waals surface area contributed by atoms with Gasteiger partial charge in [0.25, 0.3) is 0 Å². The second-order valence-corrected chi connectivity index (χ2v) is 6.16. The first-order valence-corrected chi connectivity index (χ1v) is 6.71. The number of carbonyl (C=O) groups excluding carboxylic acids is 1. The van der Waals surface area contributed by atoms with Crippen LogP contribution in [0.15, 0.2) is 30.5 Å². The van der Waals surface area contributed by atoms with Crippen LogP contribution in [0.25, 0.3) is 10.9 Å². The van der Waals surface area contributed by atoms with Gasteiger partial charge in [-0.05, 0) is 36.1 Å². The van der Waals surface area contributed by atoms with Gasteiger partial charge in [0.2, 0.25) is 5.91 Å². The number of hydrogen-bond acceptors (Lipinski definition) is 3. The molecule has 20 heavy (non-hydrogen) atoms. The van der Waals surface area contributed by atoms with Crippen LogP contribution >= 0.6 is 0 Å². The van der Waals surface area contributed by atoms with Crippen LogP contribution < -0.4 is 11.1 Å². The molecule has 106 valence electrons. The highest BCUT2D eigenvalue weighted by molar-refractivity contribution is 6.03. The van der Waals surface area contributed by atoms with Gasteiger partial charge in [-0.1, -0.05) is 26.8 Å². The van der Waals surface area contributed by atoms with E-state index < -0.39 is 6.04 Å². The number of aromatic nitrogens is 1. The number of carbonyl (C=O) groups is 1. The van der Waals surface area contributed by atoms with E-state index in [-0.39, 0.29) is 11.3 Å². The minimum absolute atomic E-state index is 0.175. The molecule has 0 aliphatic carbocycles. The number of amides is 1. The van der Waals surface area contributed by atoms with Crippen molar-refractivity contribution in [3.05, 3.63) is 36.0 Å². The van der Waals surface area contributed by atoms with Crippen LogP contribution in [0, 0.1) is 12.3 Å². The second-order valence-electron chi connectivity index (χ2n) is 6.16. The van der Waals surface area contributed by atoms with Crippen LogP contribution in [0.3, 0.4) is 0 Å². The molecule has 0 bridgehead atoms. The highest BCUT2D eigenvalue weighted by atomic mass is 16.2. The lowest BCUT2D eigenvalue weighted by Crippen LogP contribution is -2.45. The lowest BCUT2D eigenvalue weighted by Gasteiger charge is -2.26. The lowest BCUT2D eigenvalue weighted by atomic mass is 9.87. The first-order valence-electron chi connectivity index (χ1n) is 6.71. The molecule has 4 nitrogen and oxygen atoms in total. The van der Waals surface area contributed by atoms with Gasteiger partial charge in [-0.3, -0.25) is 9.78 Å². The van der Waals surface area contributed by atoms with Crippen molar-refractivity contribution in [1.29, 1.82) is 0 Å². The predicted molar refractivity (Wildman–Crippen MR) is 82.5 cm³/mol. The quantitative estimate of drug-likeness (QED) is 0.882. The molecule has 0 spiro atoms. The number of nitrogens with one attached hydrogen (secondary N) is 1. The monoisotopic (exact) mass is 271 g/mol. The molecule has 0 fully saturated rings. The summed E-state index contributed by atoms with van der Waals surface area (Å²) in [6.07, 6.45) is 1.75.